The van der Waals surface area contributed by atoms with Crippen LogP contribution in [0.3, 0.4) is 0 Å². The molecule has 6 nitrogen and oxygen atoms in total. The normalized spacial score (nSPS) is 11.9. The molecule has 9 heteroatoms. The first-order chi connectivity index (χ1) is 15.4. The van der Waals surface area contributed by atoms with Crippen LogP contribution >= 0.6 is 6.04 Å². The molecule has 164 valence electrons. The molecule has 0 aliphatic rings. The third-order valence-electron chi connectivity index (χ3n) is 5.09. The molecule has 0 aliphatic heterocycles. The van der Waals surface area contributed by atoms with Crippen molar-refractivity contribution in [1.82, 2.24) is 14.4 Å². The summed E-state index contributed by atoms with van der Waals surface area (Å²) in [5.74, 6) is 0.386. The van der Waals surface area contributed by atoms with Gasteiger partial charge in [0.15, 0.2) is 5.82 Å². The Labute approximate surface area is 193 Å². The molecule has 0 spiro atoms. The van der Waals surface area contributed by atoms with Crippen molar-refractivity contribution >= 4 is 55.4 Å². The van der Waals surface area contributed by atoms with Crippen LogP contribution in [0.25, 0.3) is 0 Å². The maximum atomic E-state index is 12.7. The number of para-hydroxylation sites is 1. The molecule has 4 aromatic rings. The Morgan fingerprint density at radius 1 is 0.875 bits per heavy atom. The van der Waals surface area contributed by atoms with E-state index in [1.807, 2.05) is 103 Å². The van der Waals surface area contributed by atoms with Crippen molar-refractivity contribution in [2.45, 2.75) is 6.92 Å². The molecule has 0 saturated heterocycles. The molecular weight excluding hydrogens is 459 g/mol. The van der Waals surface area contributed by atoms with Gasteiger partial charge in [-0.3, -0.25) is 0 Å². The summed E-state index contributed by atoms with van der Waals surface area (Å²) in [5, 5.41) is 10.4. The lowest BCUT2D eigenvalue weighted by Crippen LogP contribution is -2.32. The molecule has 0 aliphatic carbocycles. The Hall–Kier alpha value is -2.80. The van der Waals surface area contributed by atoms with E-state index in [4.69, 9.17) is 11.8 Å². The van der Waals surface area contributed by atoms with Crippen molar-refractivity contribution in [3.63, 3.8) is 0 Å². The van der Waals surface area contributed by atoms with E-state index in [-0.39, 0.29) is 0 Å². The smallest absolute Gasteiger partial charge is 0.254 e. The minimum absolute atomic E-state index is 0.386. The lowest BCUT2D eigenvalue weighted by molar-refractivity contribution is 0.583. The molecule has 1 aromatic heterocycles. The second-order valence-electron chi connectivity index (χ2n) is 7.20. The van der Waals surface area contributed by atoms with Gasteiger partial charge in [-0.1, -0.05) is 90.7 Å². The molecule has 4 rings (SSSR count). The lowest BCUT2D eigenvalue weighted by atomic mass is 10.3. The van der Waals surface area contributed by atoms with E-state index in [1.54, 1.807) is 0 Å². The van der Waals surface area contributed by atoms with Gasteiger partial charge < -0.3 is 4.90 Å². The summed E-state index contributed by atoms with van der Waals surface area (Å²) in [6.45, 7) is 2.48. The predicted molar refractivity (Wildman–Crippen MR) is 135 cm³/mol. The van der Waals surface area contributed by atoms with Crippen LogP contribution in [0, 0.1) is 0 Å². The van der Waals surface area contributed by atoms with Gasteiger partial charge in [0, 0.05) is 12.2 Å². The highest BCUT2D eigenvalue weighted by molar-refractivity contribution is 8.25. The molecule has 0 N–H and O–H groups in total. The van der Waals surface area contributed by atoms with Crippen LogP contribution < -0.4 is 20.9 Å². The van der Waals surface area contributed by atoms with Crippen LogP contribution in [-0.4, -0.2) is 35.6 Å². The number of hydrogen-bond donors (Lipinski definition) is 0. The number of benzene rings is 3. The van der Waals surface area contributed by atoms with E-state index in [2.05, 4.69) is 10.3 Å². The monoisotopic (exact) mass is 482 g/mol. The SMILES string of the molecule is CCN(c1ccccc1)c1c(P(=S)(c2ccccc2)c2ccccc2)nnn1S(C)(=O)=O. The van der Waals surface area contributed by atoms with Gasteiger partial charge in [0.05, 0.1) is 12.3 Å². The molecule has 0 unspecified atom stereocenters. The standard InChI is InChI=1S/C23H23N4O2PS2/c1-3-26(19-13-7-4-8-14-19)23-22(24-25-27(23)32(2,28)29)30(31,20-15-9-5-10-16-20)21-17-11-6-12-18-21/h4-18H,3H2,1-2H3. The molecule has 0 saturated carbocycles. The zero-order chi connectivity index (χ0) is 22.8. The van der Waals surface area contributed by atoms with Crippen LogP contribution in [-0.2, 0) is 21.8 Å². The molecule has 3 aromatic carbocycles. The quantitative estimate of drug-likeness (QED) is 0.377. The summed E-state index contributed by atoms with van der Waals surface area (Å²) >= 11 is 6.42. The van der Waals surface area contributed by atoms with Gasteiger partial charge in [-0.25, -0.2) is 8.42 Å². The van der Waals surface area contributed by atoms with Crippen molar-refractivity contribution in [3.05, 3.63) is 91.0 Å². The highest BCUT2D eigenvalue weighted by Crippen LogP contribution is 2.45. The largest absolute Gasteiger partial charge is 0.324 e. The van der Waals surface area contributed by atoms with Crippen LogP contribution in [0.15, 0.2) is 91.0 Å². The maximum Gasteiger partial charge on any atom is 0.254 e. The van der Waals surface area contributed by atoms with Crippen LogP contribution in [0.5, 0.6) is 0 Å². The van der Waals surface area contributed by atoms with Gasteiger partial charge in [-0.2, -0.15) is 0 Å². The molecule has 0 atom stereocenters. The molecule has 0 amide bonds. The number of hydrogen-bond acceptors (Lipinski definition) is 6. The molecule has 32 heavy (non-hydrogen) atoms. The van der Waals surface area contributed by atoms with Gasteiger partial charge in [0.25, 0.3) is 10.0 Å². The number of nitrogens with zero attached hydrogens (tertiary/aromatic N) is 4. The van der Waals surface area contributed by atoms with E-state index in [0.29, 0.717) is 17.8 Å². The first-order valence-corrected chi connectivity index (χ1v) is 14.7. The first kappa shape index (κ1) is 22.4. The Kier molecular flexibility index (Phi) is 6.29. The zero-order valence-corrected chi connectivity index (χ0v) is 20.3. The van der Waals surface area contributed by atoms with E-state index in [1.165, 1.54) is 0 Å². The topological polar surface area (TPSA) is 68.1 Å². The van der Waals surface area contributed by atoms with E-state index in [0.717, 1.165) is 26.6 Å². The third-order valence-corrected chi connectivity index (χ3v) is 10.7. The van der Waals surface area contributed by atoms with Gasteiger partial charge in [0.2, 0.25) is 0 Å². The van der Waals surface area contributed by atoms with Gasteiger partial charge in [-0.15, -0.1) is 9.19 Å². The van der Waals surface area contributed by atoms with E-state index >= 15 is 0 Å². The van der Waals surface area contributed by atoms with Crippen molar-refractivity contribution in [2.24, 2.45) is 0 Å². The molecule has 0 fully saturated rings. The molecule has 0 radical (unpaired) electrons. The van der Waals surface area contributed by atoms with Gasteiger partial charge in [-0.05, 0) is 34.9 Å². The van der Waals surface area contributed by atoms with Gasteiger partial charge in [0.1, 0.15) is 5.44 Å². The summed E-state index contributed by atoms with van der Waals surface area (Å²) in [7, 11) is -3.73. The van der Waals surface area contributed by atoms with Crippen LogP contribution in [0.2, 0.25) is 0 Å². The van der Waals surface area contributed by atoms with Crippen molar-refractivity contribution < 1.29 is 8.42 Å². The minimum Gasteiger partial charge on any atom is -0.324 e. The molecular formula is C23H23N4O2PS2. The zero-order valence-electron chi connectivity index (χ0n) is 17.7. The molecule has 1 heterocycles. The summed E-state index contributed by atoms with van der Waals surface area (Å²) in [5.41, 5.74) is 1.34. The number of aromatic nitrogens is 3. The average Bonchev–Trinajstić information content (AvgIpc) is 3.27. The Balaban J connectivity index is 2.08. The van der Waals surface area contributed by atoms with E-state index < -0.39 is 16.1 Å². The summed E-state index contributed by atoms with van der Waals surface area (Å²) in [6.07, 6.45) is 1.13. The predicted octanol–water partition coefficient (Wildman–Crippen LogP) is 3.00. The van der Waals surface area contributed by atoms with Crippen molar-refractivity contribution in [3.8, 4) is 0 Å². The first-order valence-electron chi connectivity index (χ1n) is 10.1. The summed E-state index contributed by atoms with van der Waals surface area (Å²) in [6, 6.07) is 26.4. The second-order valence-corrected chi connectivity index (χ2v) is 13.3. The van der Waals surface area contributed by atoms with Gasteiger partial charge >= 0.3 is 0 Å². The highest BCUT2D eigenvalue weighted by atomic mass is 32.4. The fourth-order valence-electron chi connectivity index (χ4n) is 3.64. The Morgan fingerprint density at radius 2 is 1.34 bits per heavy atom. The summed E-state index contributed by atoms with van der Waals surface area (Å²) < 4.78 is 26.5. The minimum atomic E-state index is -3.73. The number of rotatable bonds is 7. The number of anilines is 2. The maximum absolute atomic E-state index is 12.7. The fourth-order valence-corrected chi connectivity index (χ4v) is 8.09. The summed E-state index contributed by atoms with van der Waals surface area (Å²) in [4.78, 5) is 1.91. The Bertz CT molecular complexity index is 1320. The third kappa shape index (κ3) is 4.01. The Morgan fingerprint density at radius 3 is 1.78 bits per heavy atom. The average molecular weight is 483 g/mol. The lowest BCUT2D eigenvalue weighted by Gasteiger charge is -2.28. The fraction of sp³-hybridized carbons (Fsp3) is 0.130. The molecule has 0 bridgehead atoms. The van der Waals surface area contributed by atoms with Crippen LogP contribution in [0.4, 0.5) is 11.5 Å². The highest BCUT2D eigenvalue weighted by Gasteiger charge is 2.36. The second kappa shape index (κ2) is 8.98. The van der Waals surface area contributed by atoms with Crippen molar-refractivity contribution in [1.29, 1.82) is 0 Å². The van der Waals surface area contributed by atoms with E-state index in [9.17, 15) is 8.42 Å². The van der Waals surface area contributed by atoms with Crippen LogP contribution in [0.1, 0.15) is 6.92 Å². The van der Waals surface area contributed by atoms with Crippen molar-refractivity contribution in [2.75, 3.05) is 17.7 Å².